The summed E-state index contributed by atoms with van der Waals surface area (Å²) in [4.78, 5) is 48.1. The van der Waals surface area contributed by atoms with Crippen molar-refractivity contribution in [2.45, 2.75) is 28.5 Å². The summed E-state index contributed by atoms with van der Waals surface area (Å²) >= 11 is 2.56. The van der Waals surface area contributed by atoms with E-state index in [0.717, 1.165) is 4.90 Å². The first-order valence-corrected chi connectivity index (χ1v) is 13.0. The lowest BCUT2D eigenvalue weighted by molar-refractivity contribution is -0.192. The Kier molecular flexibility index (Phi) is 9.44. The van der Waals surface area contributed by atoms with Crippen molar-refractivity contribution in [2.24, 2.45) is 12.8 Å². The number of nitrogens with two attached hydrogens (primary N) is 1. The third-order valence-electron chi connectivity index (χ3n) is 5.58. The van der Waals surface area contributed by atoms with Crippen LogP contribution in [-0.2, 0) is 31.0 Å². The summed E-state index contributed by atoms with van der Waals surface area (Å²) in [5.41, 5.74) is 5.35. The van der Waals surface area contributed by atoms with Crippen LogP contribution in [0.1, 0.15) is 11.6 Å². The van der Waals surface area contributed by atoms with Gasteiger partial charge >= 0.3 is 18.1 Å². The predicted molar refractivity (Wildman–Crippen MR) is 132 cm³/mol. The second-order valence-corrected chi connectivity index (χ2v) is 10.1. The van der Waals surface area contributed by atoms with Crippen LogP contribution < -0.4 is 11.1 Å². The molecule has 0 bridgehead atoms. The van der Waals surface area contributed by atoms with Crippen LogP contribution in [0.15, 0.2) is 46.8 Å². The van der Waals surface area contributed by atoms with Gasteiger partial charge in [0, 0.05) is 25.7 Å². The third kappa shape index (κ3) is 6.21. The molecule has 19 heteroatoms. The first kappa shape index (κ1) is 30.9. The number of tetrazole rings is 1. The van der Waals surface area contributed by atoms with Crippen molar-refractivity contribution in [1.29, 1.82) is 0 Å². The fourth-order valence-electron chi connectivity index (χ4n) is 3.62. The van der Waals surface area contributed by atoms with Gasteiger partial charge in [0.25, 0.3) is 11.6 Å². The van der Waals surface area contributed by atoms with Gasteiger partial charge < -0.3 is 26.0 Å². The van der Waals surface area contributed by atoms with Gasteiger partial charge in [0.2, 0.25) is 11.1 Å². The summed E-state index contributed by atoms with van der Waals surface area (Å²) in [5.74, 6) is -4.67. The van der Waals surface area contributed by atoms with Crippen molar-refractivity contribution < 1.29 is 47.3 Å². The van der Waals surface area contributed by atoms with Crippen molar-refractivity contribution in [3.8, 4) is 0 Å². The molecule has 1 aromatic heterocycles. The number of thioether (sulfide) groups is 2. The van der Waals surface area contributed by atoms with Gasteiger partial charge in [-0.2, -0.15) is 13.2 Å². The number of hydrogen-bond acceptors (Lipinski definition) is 11. The molecule has 1 unspecified atom stereocenters. The molecule has 5 N–H and O–H groups in total. The first-order valence-electron chi connectivity index (χ1n) is 11.0. The van der Waals surface area contributed by atoms with Gasteiger partial charge in [-0.15, -0.1) is 16.9 Å². The lowest BCUT2D eigenvalue weighted by Crippen LogP contribution is -2.81. The fraction of sp³-hybridized carbons (Fsp3) is 0.381. The number of carboxylic acid groups (broad SMARTS) is 2. The van der Waals surface area contributed by atoms with Gasteiger partial charge in [0.15, 0.2) is 0 Å². The number of alkyl halides is 3. The van der Waals surface area contributed by atoms with Crippen LogP contribution in [0.2, 0.25) is 0 Å². The molecular formula is C21H22F3N7O7S2. The molecule has 0 radical (unpaired) electrons. The van der Waals surface area contributed by atoms with Gasteiger partial charge in [-0.05, 0) is 21.6 Å². The van der Waals surface area contributed by atoms with Crippen LogP contribution in [0.25, 0.3) is 0 Å². The molecule has 3 atom stereocenters. The Morgan fingerprint density at radius 2 is 1.93 bits per heavy atom. The number of hydrogen-bond donors (Lipinski definition) is 4. The number of halogens is 3. The van der Waals surface area contributed by atoms with E-state index in [-0.39, 0.29) is 11.4 Å². The monoisotopic (exact) mass is 605 g/mol. The second-order valence-electron chi connectivity index (χ2n) is 8.09. The number of nitrogens with zero attached hydrogens (tertiary/aromatic N) is 5. The highest BCUT2D eigenvalue weighted by Crippen LogP contribution is 2.47. The Hall–Kier alpha value is -3.68. The quantitative estimate of drug-likeness (QED) is 0.182. The van der Waals surface area contributed by atoms with E-state index >= 15 is 0 Å². The van der Waals surface area contributed by atoms with Gasteiger partial charge in [-0.25, -0.2) is 14.3 Å². The smallest absolute Gasteiger partial charge is 0.477 e. The van der Waals surface area contributed by atoms with E-state index in [1.54, 1.807) is 37.4 Å². The molecule has 0 spiro atoms. The average molecular weight is 606 g/mol. The Bertz CT molecular complexity index is 1330. The minimum atomic E-state index is -5.08. The number of aromatic nitrogens is 4. The highest BCUT2D eigenvalue weighted by molar-refractivity contribution is 8.01. The maximum atomic E-state index is 13.2. The largest absolute Gasteiger partial charge is 0.490 e. The molecule has 2 aliphatic rings. The normalized spacial score (nSPS) is 21.0. The summed E-state index contributed by atoms with van der Waals surface area (Å²) in [6, 6.07) is 7.69. The number of rotatable bonds is 8. The van der Waals surface area contributed by atoms with Crippen molar-refractivity contribution in [3.63, 3.8) is 0 Å². The van der Waals surface area contributed by atoms with Crippen molar-refractivity contribution in [2.75, 3.05) is 18.6 Å². The fourth-order valence-corrected chi connectivity index (χ4v) is 6.05. The van der Waals surface area contributed by atoms with Crippen LogP contribution in [0.4, 0.5) is 13.2 Å². The molecule has 0 saturated carbocycles. The zero-order valence-electron chi connectivity index (χ0n) is 20.7. The highest BCUT2D eigenvalue weighted by atomic mass is 32.2. The van der Waals surface area contributed by atoms with Crippen LogP contribution in [0.3, 0.4) is 0 Å². The van der Waals surface area contributed by atoms with Crippen LogP contribution >= 0.6 is 23.5 Å². The maximum Gasteiger partial charge on any atom is 0.490 e. The van der Waals surface area contributed by atoms with Crippen LogP contribution in [-0.4, -0.2) is 95.0 Å². The van der Waals surface area contributed by atoms with Crippen molar-refractivity contribution in [3.05, 3.63) is 47.2 Å². The molecule has 1 fully saturated rings. The lowest BCUT2D eigenvalue weighted by atomic mass is 9.97. The van der Waals surface area contributed by atoms with E-state index in [2.05, 4.69) is 20.8 Å². The number of nitrogens with one attached hydrogen (secondary N) is 1. The summed E-state index contributed by atoms with van der Waals surface area (Å²) in [7, 11) is 2.97. The van der Waals surface area contributed by atoms with E-state index in [9.17, 15) is 32.7 Å². The number of carboxylic acids is 2. The maximum absolute atomic E-state index is 13.2. The van der Waals surface area contributed by atoms with E-state index < -0.39 is 47.1 Å². The molecule has 2 amide bonds. The van der Waals surface area contributed by atoms with Gasteiger partial charge in [0.1, 0.15) is 17.1 Å². The number of amides is 2. The minimum absolute atomic E-state index is 0.124. The molecule has 40 heavy (non-hydrogen) atoms. The molecule has 3 heterocycles. The van der Waals surface area contributed by atoms with Gasteiger partial charge in [-0.1, -0.05) is 42.1 Å². The molecule has 1 aromatic carbocycles. The van der Waals surface area contributed by atoms with Crippen molar-refractivity contribution in [1.82, 2.24) is 30.4 Å². The van der Waals surface area contributed by atoms with Crippen LogP contribution in [0.5, 0.6) is 0 Å². The molecule has 1 saturated heterocycles. The predicted octanol–water partition coefficient (Wildman–Crippen LogP) is 0.348. The molecular weight excluding hydrogens is 583 g/mol. The first-order chi connectivity index (χ1) is 18.7. The Balaban J connectivity index is 0.000000559. The van der Waals surface area contributed by atoms with E-state index in [1.807, 2.05) is 0 Å². The molecule has 2 aromatic rings. The number of ether oxygens (including phenoxy) is 1. The Morgan fingerprint density at radius 1 is 1.30 bits per heavy atom. The van der Waals surface area contributed by atoms with Gasteiger partial charge in [-0.3, -0.25) is 14.5 Å². The number of carbonyl (C=O) groups is 4. The van der Waals surface area contributed by atoms with E-state index in [4.69, 9.17) is 20.4 Å². The molecule has 0 aliphatic carbocycles. The number of carbonyl (C=O) groups excluding carboxylic acids is 2. The molecule has 2 aliphatic heterocycles. The number of methoxy groups -OCH3 is 1. The summed E-state index contributed by atoms with van der Waals surface area (Å²) in [5, 5.41) is 30.5. The van der Waals surface area contributed by atoms with Crippen molar-refractivity contribution >= 4 is 47.3 Å². The topological polar surface area (TPSA) is 203 Å². The zero-order valence-corrected chi connectivity index (χ0v) is 22.3. The molecule has 216 valence electrons. The van der Waals surface area contributed by atoms with Crippen LogP contribution in [0, 0.1) is 0 Å². The van der Waals surface area contributed by atoms with Gasteiger partial charge in [0.05, 0.1) is 0 Å². The Labute approximate surface area is 232 Å². The number of β-lactam (4-membered cyclic amide) rings is 1. The second kappa shape index (κ2) is 12.2. The van der Waals surface area contributed by atoms with E-state index in [1.165, 1.54) is 35.3 Å². The molecule has 4 rings (SSSR count). The standard InChI is InChI=1S/C19H21N7O5S2.C2HF3O2/c1-25-18(22-23-24-25)33-9-11-8-32-17-19(31-2,16(30)26(17)13(11)15(28)29)21-14(27)12(20)10-6-4-3-5-7-10;3-2(4,5)1(6)7/h3-7,12,17H,8-9,20H2,1-2H3,(H,21,27)(H,28,29);(H,6,7)/t12?,17-,19-;/m0./s1. The number of aryl methyl sites for hydroxylation is 1. The SMILES string of the molecule is CO[C@@]1(NC(=O)C(N)c2ccccc2)C(=O)N2C(C(=O)O)=C(CSc3nnnn3C)CS[C@H]21.O=C(O)C(F)(F)F. The Morgan fingerprint density at radius 3 is 2.42 bits per heavy atom. The number of fused-ring (bicyclic) bond motifs is 1. The number of aliphatic carboxylic acids is 2. The lowest BCUT2D eigenvalue weighted by Gasteiger charge is -2.56. The number of benzene rings is 1. The zero-order chi connectivity index (χ0) is 29.8. The highest BCUT2D eigenvalue weighted by Gasteiger charge is 2.66. The van der Waals surface area contributed by atoms with E-state index in [0.29, 0.717) is 22.0 Å². The minimum Gasteiger partial charge on any atom is -0.477 e. The summed E-state index contributed by atoms with van der Waals surface area (Å²) < 4.78 is 38.7. The summed E-state index contributed by atoms with van der Waals surface area (Å²) in [6.07, 6.45) is -5.08. The third-order valence-corrected chi connectivity index (χ3v) is 8.05. The summed E-state index contributed by atoms with van der Waals surface area (Å²) in [6.45, 7) is 0. The molecule has 14 nitrogen and oxygen atoms in total. The average Bonchev–Trinajstić information content (AvgIpc) is 3.33.